The first kappa shape index (κ1) is 24.0. The first-order chi connectivity index (χ1) is 16.4. The Morgan fingerprint density at radius 3 is 2.29 bits per heavy atom. The molecule has 0 saturated heterocycles. The van der Waals surface area contributed by atoms with Crippen LogP contribution in [-0.2, 0) is 12.8 Å². The molecule has 0 bridgehead atoms. The highest BCUT2D eigenvalue weighted by Crippen LogP contribution is 2.31. The molecular weight excluding hydrogens is 460 g/mol. The van der Waals surface area contributed by atoms with Crippen molar-refractivity contribution in [2.45, 2.75) is 26.7 Å². The molecule has 2 heterocycles. The molecule has 0 aliphatic rings. The van der Waals surface area contributed by atoms with Gasteiger partial charge in [-0.2, -0.15) is 0 Å². The first-order valence-corrected chi connectivity index (χ1v) is 13.1. The third-order valence-corrected chi connectivity index (χ3v) is 7.31. The summed E-state index contributed by atoms with van der Waals surface area (Å²) in [5.74, 6) is -0.180. The fourth-order valence-corrected chi connectivity index (χ4v) is 5.02. The lowest BCUT2D eigenvalue weighted by atomic mass is 9.94. The number of thiazole rings is 1. The number of aryl methyl sites for hydroxylation is 4. The lowest BCUT2D eigenvalue weighted by Gasteiger charge is -2.15. The largest absolute Gasteiger partial charge is 0.320 e. The zero-order chi connectivity index (χ0) is 24.1. The molecule has 0 atom stereocenters. The maximum Gasteiger partial charge on any atom is 0.257 e. The molecule has 0 aliphatic carbocycles. The zero-order valence-electron chi connectivity index (χ0n) is 19.8. The van der Waals surface area contributed by atoms with Crippen molar-refractivity contribution in [3.8, 4) is 11.3 Å². The Balaban J connectivity index is 1.44. The number of rotatable bonds is 8. The summed E-state index contributed by atoms with van der Waals surface area (Å²) in [5, 5.41) is 5.49. The van der Waals surface area contributed by atoms with Gasteiger partial charge in [0.25, 0.3) is 5.91 Å². The molecule has 2 aromatic carbocycles. The average Bonchev–Trinajstić information content (AvgIpc) is 3.30. The van der Waals surface area contributed by atoms with Crippen LogP contribution in [0.2, 0.25) is 0 Å². The van der Waals surface area contributed by atoms with Crippen LogP contribution in [-0.4, -0.2) is 29.2 Å². The lowest BCUT2D eigenvalue weighted by Crippen LogP contribution is -2.11. The summed E-state index contributed by atoms with van der Waals surface area (Å²) in [6.45, 7) is 4.26. The summed E-state index contributed by atoms with van der Waals surface area (Å²) < 4.78 is 2.16. The molecule has 7 heteroatoms. The molecule has 0 saturated carbocycles. The van der Waals surface area contributed by atoms with E-state index < -0.39 is 0 Å². The van der Waals surface area contributed by atoms with Crippen LogP contribution < -0.4 is 9.62 Å². The van der Waals surface area contributed by atoms with Gasteiger partial charge < -0.3 is 4.31 Å². The molecule has 1 amide bonds. The lowest BCUT2D eigenvalue weighted by molar-refractivity contribution is 0.102. The van der Waals surface area contributed by atoms with E-state index in [1.165, 1.54) is 39.3 Å². The van der Waals surface area contributed by atoms with Gasteiger partial charge in [0.2, 0.25) is 0 Å². The van der Waals surface area contributed by atoms with Crippen molar-refractivity contribution in [3.05, 3.63) is 94.1 Å². The summed E-state index contributed by atoms with van der Waals surface area (Å²) in [7, 11) is 2.08. The van der Waals surface area contributed by atoms with Gasteiger partial charge in [-0.25, -0.2) is 4.98 Å². The topological polar surface area (TPSA) is 58.1 Å². The number of benzene rings is 2. The van der Waals surface area contributed by atoms with Gasteiger partial charge in [-0.1, -0.05) is 36.2 Å². The van der Waals surface area contributed by atoms with Gasteiger partial charge in [-0.15, -0.1) is 11.3 Å². The number of nitrogens with zero attached hydrogens (tertiary/aromatic N) is 3. The highest BCUT2D eigenvalue weighted by atomic mass is 32.2. The molecule has 4 rings (SSSR count). The normalized spacial score (nSPS) is 10.8. The predicted octanol–water partition coefficient (Wildman–Crippen LogP) is 6.57. The van der Waals surface area contributed by atoms with E-state index in [1.54, 1.807) is 36.5 Å². The van der Waals surface area contributed by atoms with Gasteiger partial charge in [0, 0.05) is 47.9 Å². The minimum atomic E-state index is -0.180. The average molecular weight is 489 g/mol. The number of amides is 1. The van der Waals surface area contributed by atoms with Crippen molar-refractivity contribution in [2.24, 2.45) is 0 Å². The van der Waals surface area contributed by atoms with Gasteiger partial charge in [-0.05, 0) is 73.2 Å². The summed E-state index contributed by atoms with van der Waals surface area (Å²) in [6.07, 6.45) is 7.28. The maximum absolute atomic E-state index is 12.4. The fourth-order valence-electron chi connectivity index (χ4n) is 3.99. The van der Waals surface area contributed by atoms with Crippen LogP contribution >= 0.6 is 23.3 Å². The highest BCUT2D eigenvalue weighted by molar-refractivity contribution is 7.99. The second-order valence-electron chi connectivity index (χ2n) is 8.18. The molecule has 2 aromatic heterocycles. The number of hydrogen-bond acceptors (Lipinski definition) is 6. The van der Waals surface area contributed by atoms with Crippen LogP contribution in [0.4, 0.5) is 10.8 Å². The van der Waals surface area contributed by atoms with Crippen LogP contribution in [0.3, 0.4) is 0 Å². The van der Waals surface area contributed by atoms with Gasteiger partial charge >= 0.3 is 0 Å². The van der Waals surface area contributed by atoms with Crippen molar-refractivity contribution < 1.29 is 4.79 Å². The van der Waals surface area contributed by atoms with E-state index in [0.29, 0.717) is 10.7 Å². The zero-order valence-corrected chi connectivity index (χ0v) is 21.5. The first-order valence-electron chi connectivity index (χ1n) is 11.1. The predicted molar refractivity (Wildman–Crippen MR) is 145 cm³/mol. The third-order valence-electron chi connectivity index (χ3n) is 5.79. The molecule has 1 N–H and O–H groups in total. The Morgan fingerprint density at radius 2 is 1.65 bits per heavy atom. The van der Waals surface area contributed by atoms with Gasteiger partial charge in [-0.3, -0.25) is 15.1 Å². The fraction of sp³-hybridized carbons (Fsp3) is 0.222. The maximum atomic E-state index is 12.4. The van der Waals surface area contributed by atoms with Crippen LogP contribution in [0.1, 0.15) is 32.6 Å². The number of pyridine rings is 1. The van der Waals surface area contributed by atoms with Gasteiger partial charge in [0.05, 0.1) is 5.69 Å². The molecular formula is C27H28N4OS2. The van der Waals surface area contributed by atoms with Crippen molar-refractivity contribution in [3.63, 3.8) is 0 Å². The van der Waals surface area contributed by atoms with E-state index in [4.69, 9.17) is 0 Å². The minimum absolute atomic E-state index is 0.180. The van der Waals surface area contributed by atoms with Crippen molar-refractivity contribution in [2.75, 3.05) is 22.9 Å². The molecule has 4 aromatic rings. The molecule has 0 aliphatic heterocycles. The van der Waals surface area contributed by atoms with Crippen molar-refractivity contribution in [1.82, 2.24) is 9.97 Å². The van der Waals surface area contributed by atoms with Crippen LogP contribution in [0.5, 0.6) is 0 Å². The number of carbonyl (C=O) groups is 1. The standard InChI is InChI=1S/C27H28N4OS2/c1-18-15-21(6-5-20-7-9-23(10-8-20)31(3)33-4)16-19(2)25(18)24-17-34-27(29-24)30-26(32)22-11-13-28-14-12-22/h7-17H,5-6H2,1-4H3,(H,29,30,32). The van der Waals surface area contributed by atoms with E-state index in [9.17, 15) is 4.79 Å². The van der Waals surface area contributed by atoms with Crippen molar-refractivity contribution >= 4 is 40.0 Å². The van der Waals surface area contributed by atoms with Gasteiger partial charge in [0.15, 0.2) is 5.13 Å². The number of hydrogen-bond donors (Lipinski definition) is 1. The molecule has 0 spiro atoms. The van der Waals surface area contributed by atoms with E-state index in [1.807, 2.05) is 5.38 Å². The van der Waals surface area contributed by atoms with E-state index in [-0.39, 0.29) is 5.91 Å². The van der Waals surface area contributed by atoms with E-state index >= 15 is 0 Å². The van der Waals surface area contributed by atoms with E-state index in [0.717, 1.165) is 24.1 Å². The van der Waals surface area contributed by atoms with Gasteiger partial charge in [0.1, 0.15) is 0 Å². The number of carbonyl (C=O) groups excluding carboxylic acids is 1. The van der Waals surface area contributed by atoms with Crippen LogP contribution in [0.15, 0.2) is 66.3 Å². The Hall–Kier alpha value is -3.16. The smallest absolute Gasteiger partial charge is 0.257 e. The molecule has 174 valence electrons. The summed E-state index contributed by atoms with van der Waals surface area (Å²) in [5.41, 5.74) is 8.87. The Labute approximate surface area is 209 Å². The summed E-state index contributed by atoms with van der Waals surface area (Å²) in [4.78, 5) is 21.1. The van der Waals surface area contributed by atoms with Crippen LogP contribution in [0.25, 0.3) is 11.3 Å². The Morgan fingerprint density at radius 1 is 1.00 bits per heavy atom. The number of nitrogens with one attached hydrogen (secondary N) is 1. The number of aromatic nitrogens is 2. The second-order valence-corrected chi connectivity index (χ2v) is 9.95. The Bertz CT molecular complexity index is 1250. The monoisotopic (exact) mass is 488 g/mol. The molecule has 5 nitrogen and oxygen atoms in total. The number of anilines is 2. The molecule has 34 heavy (non-hydrogen) atoms. The molecule has 0 fully saturated rings. The molecule has 0 unspecified atom stereocenters. The second kappa shape index (κ2) is 10.8. The highest BCUT2D eigenvalue weighted by Gasteiger charge is 2.14. The summed E-state index contributed by atoms with van der Waals surface area (Å²) >= 11 is 3.14. The van der Waals surface area contributed by atoms with E-state index in [2.05, 4.69) is 83.1 Å². The Kier molecular flexibility index (Phi) is 7.65. The summed E-state index contributed by atoms with van der Waals surface area (Å²) in [6, 6.07) is 16.7. The minimum Gasteiger partial charge on any atom is -0.320 e. The molecule has 0 radical (unpaired) electrons. The third kappa shape index (κ3) is 5.66. The quantitative estimate of drug-likeness (QED) is 0.284. The van der Waals surface area contributed by atoms with Crippen molar-refractivity contribution in [1.29, 1.82) is 0 Å². The van der Waals surface area contributed by atoms with Crippen LogP contribution in [0, 0.1) is 13.8 Å². The SMILES string of the molecule is CSN(C)c1ccc(CCc2cc(C)c(-c3csc(NC(=O)c4ccncc4)n3)c(C)c2)cc1.